The molecule has 0 heterocycles. The lowest BCUT2D eigenvalue weighted by atomic mass is 9.88. The summed E-state index contributed by atoms with van der Waals surface area (Å²) in [5, 5.41) is 0. The monoisotopic (exact) mass is 189 g/mol. The highest BCUT2D eigenvalue weighted by Gasteiger charge is 2.11. The molecule has 1 heteroatoms. The minimum absolute atomic E-state index is 0.669. The largest absolute Gasteiger partial charge is 0.265 e. The second kappa shape index (κ2) is 4.94. The van der Waals surface area contributed by atoms with Crippen LogP contribution in [0, 0.1) is 5.92 Å². The number of nitrogens with zero attached hydrogens (tertiary/aromatic N) is 1. The first-order valence-electron chi connectivity index (χ1n) is 5.19. The Morgan fingerprint density at radius 2 is 2.14 bits per heavy atom. The van der Waals surface area contributed by atoms with E-state index < -0.39 is 0 Å². The van der Waals surface area contributed by atoms with E-state index in [1.54, 1.807) is 11.8 Å². The van der Waals surface area contributed by atoms with Crippen molar-refractivity contribution in [3.63, 3.8) is 0 Å². The zero-order chi connectivity index (χ0) is 10.6. The molecule has 0 aromatic heterocycles. The van der Waals surface area contributed by atoms with Crippen LogP contribution in [-0.4, -0.2) is 6.21 Å². The van der Waals surface area contributed by atoms with Gasteiger partial charge in [0.25, 0.3) is 0 Å². The van der Waals surface area contributed by atoms with E-state index in [2.05, 4.69) is 38.4 Å². The Morgan fingerprint density at radius 1 is 1.43 bits per heavy atom. The van der Waals surface area contributed by atoms with Crippen LogP contribution in [-0.2, 0) is 0 Å². The van der Waals surface area contributed by atoms with Crippen LogP contribution in [0.5, 0.6) is 0 Å². The lowest BCUT2D eigenvalue weighted by Crippen LogP contribution is -2.03. The molecule has 0 saturated carbocycles. The van der Waals surface area contributed by atoms with Crippen LogP contribution in [0.1, 0.15) is 33.6 Å². The lowest BCUT2D eigenvalue weighted by Gasteiger charge is -2.18. The molecule has 0 N–H and O–H groups in total. The van der Waals surface area contributed by atoms with Crippen molar-refractivity contribution in [3.05, 3.63) is 35.6 Å². The molecule has 0 atom stereocenters. The van der Waals surface area contributed by atoms with Gasteiger partial charge in [-0.15, -0.1) is 0 Å². The topological polar surface area (TPSA) is 12.4 Å². The fourth-order valence-corrected chi connectivity index (χ4v) is 1.68. The Hall–Kier alpha value is -1.11. The summed E-state index contributed by atoms with van der Waals surface area (Å²) < 4.78 is 0. The van der Waals surface area contributed by atoms with Crippen molar-refractivity contribution in [2.45, 2.75) is 33.6 Å². The smallest absolute Gasteiger partial charge is 0.0302 e. The van der Waals surface area contributed by atoms with Gasteiger partial charge in [-0.05, 0) is 36.8 Å². The van der Waals surface area contributed by atoms with E-state index in [1.165, 1.54) is 17.6 Å². The Labute approximate surface area is 86.9 Å². The molecule has 14 heavy (non-hydrogen) atoms. The summed E-state index contributed by atoms with van der Waals surface area (Å²) in [7, 11) is 0. The van der Waals surface area contributed by atoms with Gasteiger partial charge in [0.15, 0.2) is 0 Å². The van der Waals surface area contributed by atoms with Crippen LogP contribution < -0.4 is 0 Å². The molecule has 0 fully saturated rings. The molecule has 0 unspecified atom stereocenters. The first kappa shape index (κ1) is 11.0. The molecule has 1 aliphatic rings. The fraction of sp³-hybridized carbons (Fsp3) is 0.462. The van der Waals surface area contributed by atoms with E-state index in [0.29, 0.717) is 5.92 Å². The summed E-state index contributed by atoms with van der Waals surface area (Å²) in [5.74, 6) is 0.669. The van der Waals surface area contributed by atoms with Gasteiger partial charge in [0.1, 0.15) is 0 Å². The van der Waals surface area contributed by atoms with Gasteiger partial charge in [0, 0.05) is 12.4 Å². The molecule has 0 amide bonds. The molecule has 0 bridgehead atoms. The van der Waals surface area contributed by atoms with Gasteiger partial charge in [-0.1, -0.05) is 32.1 Å². The third-order valence-corrected chi connectivity index (χ3v) is 2.67. The predicted molar refractivity (Wildman–Crippen MR) is 63.5 cm³/mol. The molecular weight excluding hydrogens is 170 g/mol. The SMILES string of the molecule is C=CN=CC1=C(C)C=C(C(C)C)CC1. The average molecular weight is 189 g/mol. The van der Waals surface area contributed by atoms with Crippen LogP contribution in [0.4, 0.5) is 0 Å². The van der Waals surface area contributed by atoms with Crippen molar-refractivity contribution in [2.75, 3.05) is 0 Å². The van der Waals surface area contributed by atoms with Crippen molar-refractivity contribution < 1.29 is 0 Å². The van der Waals surface area contributed by atoms with Crippen molar-refractivity contribution in [2.24, 2.45) is 10.9 Å². The Balaban J connectivity index is 2.85. The van der Waals surface area contributed by atoms with Crippen molar-refractivity contribution in [3.8, 4) is 0 Å². The number of aliphatic imine (C=N–C) groups is 1. The molecule has 0 saturated heterocycles. The van der Waals surface area contributed by atoms with E-state index in [9.17, 15) is 0 Å². The highest BCUT2D eigenvalue weighted by molar-refractivity contribution is 5.81. The van der Waals surface area contributed by atoms with Gasteiger partial charge < -0.3 is 0 Å². The summed E-state index contributed by atoms with van der Waals surface area (Å²) in [4.78, 5) is 4.07. The molecule has 1 nitrogen and oxygen atoms in total. The summed E-state index contributed by atoms with van der Waals surface area (Å²) in [5.41, 5.74) is 4.25. The molecule has 1 rings (SSSR count). The molecule has 1 aliphatic carbocycles. The molecular formula is C13H19N. The quantitative estimate of drug-likeness (QED) is 0.597. The number of hydrogen-bond donors (Lipinski definition) is 0. The maximum absolute atomic E-state index is 4.07. The van der Waals surface area contributed by atoms with Crippen LogP contribution >= 0.6 is 0 Å². The summed E-state index contributed by atoms with van der Waals surface area (Å²) in [6, 6.07) is 0. The third-order valence-electron chi connectivity index (χ3n) is 2.67. The average Bonchev–Trinajstić information content (AvgIpc) is 2.15. The van der Waals surface area contributed by atoms with Crippen molar-refractivity contribution >= 4 is 6.21 Å². The summed E-state index contributed by atoms with van der Waals surface area (Å²) in [6.45, 7) is 10.2. The Kier molecular flexibility index (Phi) is 3.87. The molecule has 0 aliphatic heterocycles. The second-order valence-electron chi connectivity index (χ2n) is 4.04. The normalized spacial score (nSPS) is 17.9. The van der Waals surface area contributed by atoms with E-state index >= 15 is 0 Å². The Morgan fingerprint density at radius 3 is 2.64 bits per heavy atom. The standard InChI is InChI=1S/C13H19N/c1-5-14-9-13-7-6-12(10(2)3)8-11(13)4/h5,8-10H,1,6-7H2,2-4H3. The Bertz CT molecular complexity index is 303. The van der Waals surface area contributed by atoms with E-state index in [-0.39, 0.29) is 0 Å². The molecule has 76 valence electrons. The van der Waals surface area contributed by atoms with E-state index in [1.807, 2.05) is 6.21 Å². The molecule has 0 aromatic carbocycles. The lowest BCUT2D eigenvalue weighted by molar-refractivity contribution is 0.702. The second-order valence-corrected chi connectivity index (χ2v) is 4.04. The highest BCUT2D eigenvalue weighted by atomic mass is 14.7. The first-order valence-corrected chi connectivity index (χ1v) is 5.19. The fourth-order valence-electron chi connectivity index (χ4n) is 1.68. The van der Waals surface area contributed by atoms with Gasteiger partial charge in [0.2, 0.25) is 0 Å². The van der Waals surface area contributed by atoms with Crippen LogP contribution in [0.3, 0.4) is 0 Å². The zero-order valence-electron chi connectivity index (χ0n) is 9.38. The predicted octanol–water partition coefficient (Wildman–Crippen LogP) is 3.89. The van der Waals surface area contributed by atoms with Gasteiger partial charge >= 0.3 is 0 Å². The zero-order valence-corrected chi connectivity index (χ0v) is 9.38. The summed E-state index contributed by atoms with van der Waals surface area (Å²) >= 11 is 0. The van der Waals surface area contributed by atoms with Gasteiger partial charge in [-0.25, -0.2) is 0 Å². The van der Waals surface area contributed by atoms with Crippen LogP contribution in [0.15, 0.2) is 40.6 Å². The van der Waals surface area contributed by atoms with E-state index in [0.717, 1.165) is 6.42 Å². The third kappa shape index (κ3) is 2.69. The number of rotatable bonds is 3. The van der Waals surface area contributed by atoms with Crippen LogP contribution in [0.25, 0.3) is 0 Å². The van der Waals surface area contributed by atoms with Gasteiger partial charge in [0.05, 0.1) is 0 Å². The van der Waals surface area contributed by atoms with Crippen molar-refractivity contribution in [1.29, 1.82) is 0 Å². The highest BCUT2D eigenvalue weighted by Crippen LogP contribution is 2.27. The first-order chi connectivity index (χ1) is 6.65. The maximum Gasteiger partial charge on any atom is 0.0302 e. The van der Waals surface area contributed by atoms with Gasteiger partial charge in [-0.3, -0.25) is 4.99 Å². The van der Waals surface area contributed by atoms with Crippen LogP contribution in [0.2, 0.25) is 0 Å². The van der Waals surface area contributed by atoms with E-state index in [4.69, 9.17) is 0 Å². The minimum atomic E-state index is 0.669. The van der Waals surface area contributed by atoms with Gasteiger partial charge in [-0.2, -0.15) is 0 Å². The maximum atomic E-state index is 4.07. The molecule has 0 radical (unpaired) electrons. The summed E-state index contributed by atoms with van der Waals surface area (Å²) in [6.07, 6.45) is 8.11. The minimum Gasteiger partial charge on any atom is -0.265 e. The number of allylic oxidation sites excluding steroid dienone is 4. The molecule has 0 spiro atoms. The number of hydrogen-bond acceptors (Lipinski definition) is 1. The van der Waals surface area contributed by atoms with Crippen molar-refractivity contribution in [1.82, 2.24) is 0 Å². The molecule has 0 aromatic rings.